The smallest absolute Gasteiger partial charge is 0.146 e. The fourth-order valence-electron chi connectivity index (χ4n) is 4.19. The van der Waals surface area contributed by atoms with Gasteiger partial charge in [-0.25, -0.2) is 0 Å². The number of hydrogen-bond acceptors (Lipinski definition) is 5. The van der Waals surface area contributed by atoms with Crippen molar-refractivity contribution in [3.05, 3.63) is 11.6 Å². The molecule has 24 heavy (non-hydrogen) atoms. The summed E-state index contributed by atoms with van der Waals surface area (Å²) in [6.45, 7) is 6.50. The van der Waals surface area contributed by atoms with E-state index in [-0.39, 0.29) is 0 Å². The van der Waals surface area contributed by atoms with Gasteiger partial charge in [-0.2, -0.15) is 0 Å². The summed E-state index contributed by atoms with van der Waals surface area (Å²) in [7, 11) is 4.37. The molecule has 1 aromatic rings. The molecule has 0 radical (unpaired) electrons. The zero-order valence-corrected chi connectivity index (χ0v) is 15.2. The lowest BCUT2D eigenvalue weighted by Crippen LogP contribution is -2.36. The van der Waals surface area contributed by atoms with E-state index in [0.29, 0.717) is 12.0 Å². The summed E-state index contributed by atoms with van der Waals surface area (Å²) >= 11 is 0. The number of aromatic nitrogens is 3. The first kappa shape index (κ1) is 16.5. The first-order valence-electron chi connectivity index (χ1n) is 9.59. The molecule has 0 N–H and O–H groups in total. The molecule has 2 saturated heterocycles. The van der Waals surface area contributed by atoms with Crippen LogP contribution in [-0.2, 0) is 18.3 Å². The van der Waals surface area contributed by atoms with Gasteiger partial charge in [-0.15, -0.1) is 10.2 Å². The van der Waals surface area contributed by atoms with Crippen LogP contribution < -0.4 is 0 Å². The molecule has 6 heteroatoms. The highest BCUT2D eigenvalue weighted by molar-refractivity contribution is 5.07. The van der Waals surface area contributed by atoms with Crippen molar-refractivity contribution in [3.8, 4) is 0 Å². The zero-order valence-electron chi connectivity index (χ0n) is 15.2. The minimum absolute atomic E-state index is 0.644. The van der Waals surface area contributed by atoms with E-state index in [9.17, 15) is 0 Å². The molecule has 0 aromatic carbocycles. The average Bonchev–Trinajstić information content (AvgIpc) is 3.22. The predicted molar refractivity (Wildman–Crippen MR) is 92.8 cm³/mol. The Morgan fingerprint density at radius 1 is 1.12 bits per heavy atom. The molecule has 3 fully saturated rings. The van der Waals surface area contributed by atoms with E-state index < -0.39 is 0 Å². The third kappa shape index (κ3) is 3.65. The van der Waals surface area contributed by atoms with Crippen molar-refractivity contribution in [1.29, 1.82) is 0 Å². The van der Waals surface area contributed by atoms with Gasteiger partial charge >= 0.3 is 0 Å². The third-order valence-electron chi connectivity index (χ3n) is 6.06. The van der Waals surface area contributed by atoms with E-state index >= 15 is 0 Å². The second kappa shape index (κ2) is 7.10. The van der Waals surface area contributed by atoms with E-state index in [1.54, 1.807) is 0 Å². The molecule has 3 heterocycles. The molecule has 1 saturated carbocycles. The Morgan fingerprint density at radius 2 is 1.92 bits per heavy atom. The van der Waals surface area contributed by atoms with Gasteiger partial charge in [-0.1, -0.05) is 0 Å². The number of likely N-dealkylation sites (N-methyl/N-ethyl adjacent to an activating group) is 1. The van der Waals surface area contributed by atoms with E-state index in [1.165, 1.54) is 57.6 Å². The summed E-state index contributed by atoms with van der Waals surface area (Å²) in [4.78, 5) is 5.13. The maximum absolute atomic E-state index is 5.48. The zero-order chi connectivity index (χ0) is 16.5. The highest BCUT2D eigenvalue weighted by atomic mass is 16.5. The lowest BCUT2D eigenvalue weighted by atomic mass is 10.00. The van der Waals surface area contributed by atoms with E-state index in [4.69, 9.17) is 4.74 Å². The average molecular weight is 333 g/mol. The summed E-state index contributed by atoms with van der Waals surface area (Å²) in [5, 5.41) is 8.86. The van der Waals surface area contributed by atoms with E-state index in [1.807, 2.05) is 0 Å². The summed E-state index contributed by atoms with van der Waals surface area (Å²) in [6, 6.07) is 0.644. The normalized spacial score (nSPS) is 26.5. The van der Waals surface area contributed by atoms with Gasteiger partial charge in [0.05, 0.1) is 6.54 Å². The molecule has 6 nitrogen and oxygen atoms in total. The Hall–Kier alpha value is -0.980. The van der Waals surface area contributed by atoms with Crippen molar-refractivity contribution in [2.24, 2.45) is 13.0 Å². The molecule has 1 aromatic heterocycles. The standard InChI is InChI=1S/C18H31N5O/c1-21(13-17-19-20-18(22(17)2)15-3-4-15)16-5-8-23(12-16)11-14-6-9-24-10-7-14/h14-16H,3-13H2,1-2H3. The fourth-order valence-corrected chi connectivity index (χ4v) is 4.19. The molecule has 0 amide bonds. The number of nitrogens with zero attached hydrogens (tertiary/aromatic N) is 5. The van der Waals surface area contributed by atoms with Crippen LogP contribution in [0.1, 0.15) is 49.7 Å². The van der Waals surface area contributed by atoms with Gasteiger partial charge in [0.2, 0.25) is 0 Å². The summed E-state index contributed by atoms with van der Waals surface area (Å²) < 4.78 is 7.71. The second-order valence-electron chi connectivity index (χ2n) is 7.98. The summed E-state index contributed by atoms with van der Waals surface area (Å²) in [5.74, 6) is 3.80. The van der Waals surface area contributed by atoms with Gasteiger partial charge in [0.15, 0.2) is 0 Å². The Kier molecular flexibility index (Phi) is 4.88. The SMILES string of the molecule is CN(Cc1nnc(C2CC2)n1C)C1CCN(CC2CCOCC2)C1. The molecule has 0 spiro atoms. The molecule has 2 aliphatic heterocycles. The Balaban J connectivity index is 1.28. The van der Waals surface area contributed by atoms with Crippen molar-refractivity contribution >= 4 is 0 Å². The largest absolute Gasteiger partial charge is 0.381 e. The van der Waals surface area contributed by atoms with Crippen molar-refractivity contribution in [2.75, 3.05) is 39.9 Å². The van der Waals surface area contributed by atoms with Crippen molar-refractivity contribution in [1.82, 2.24) is 24.6 Å². The molecule has 0 bridgehead atoms. The Labute approximate surface area is 145 Å². The summed E-state index contributed by atoms with van der Waals surface area (Å²) in [6.07, 6.45) is 6.31. The van der Waals surface area contributed by atoms with Crippen molar-refractivity contribution in [2.45, 2.75) is 50.6 Å². The lowest BCUT2D eigenvalue weighted by molar-refractivity contribution is 0.0545. The molecule has 1 atom stereocenters. The Morgan fingerprint density at radius 3 is 2.67 bits per heavy atom. The molecular formula is C18H31N5O. The van der Waals surface area contributed by atoms with Crippen LogP contribution in [-0.4, -0.2) is 70.5 Å². The van der Waals surface area contributed by atoms with Crippen molar-refractivity contribution < 1.29 is 4.74 Å². The highest BCUT2D eigenvalue weighted by Crippen LogP contribution is 2.38. The number of likely N-dealkylation sites (tertiary alicyclic amines) is 1. The van der Waals surface area contributed by atoms with Crippen LogP contribution in [0.4, 0.5) is 0 Å². The number of ether oxygens (including phenoxy) is 1. The quantitative estimate of drug-likeness (QED) is 0.792. The van der Waals surface area contributed by atoms with Crippen LogP contribution >= 0.6 is 0 Å². The highest BCUT2D eigenvalue weighted by Gasteiger charge is 2.31. The maximum atomic E-state index is 5.48. The van der Waals surface area contributed by atoms with Gasteiger partial charge in [0.25, 0.3) is 0 Å². The fraction of sp³-hybridized carbons (Fsp3) is 0.889. The van der Waals surface area contributed by atoms with Gasteiger partial charge in [0.1, 0.15) is 11.6 Å². The van der Waals surface area contributed by atoms with Crippen LogP contribution in [0.5, 0.6) is 0 Å². The predicted octanol–water partition coefficient (Wildman–Crippen LogP) is 1.63. The lowest BCUT2D eigenvalue weighted by Gasteiger charge is -2.28. The van der Waals surface area contributed by atoms with Crippen LogP contribution in [0, 0.1) is 5.92 Å². The maximum Gasteiger partial charge on any atom is 0.146 e. The molecule has 3 aliphatic rings. The van der Waals surface area contributed by atoms with Gasteiger partial charge < -0.3 is 14.2 Å². The van der Waals surface area contributed by atoms with Crippen LogP contribution in [0.15, 0.2) is 0 Å². The minimum Gasteiger partial charge on any atom is -0.381 e. The monoisotopic (exact) mass is 333 g/mol. The van der Waals surface area contributed by atoms with Crippen LogP contribution in [0.25, 0.3) is 0 Å². The van der Waals surface area contributed by atoms with Crippen molar-refractivity contribution in [3.63, 3.8) is 0 Å². The van der Waals surface area contributed by atoms with Gasteiger partial charge in [-0.05, 0) is 51.6 Å². The second-order valence-corrected chi connectivity index (χ2v) is 7.98. The molecular weight excluding hydrogens is 302 g/mol. The van der Waals surface area contributed by atoms with E-state index in [2.05, 4.69) is 38.7 Å². The number of rotatable bonds is 6. The molecule has 1 unspecified atom stereocenters. The molecule has 4 rings (SSSR count). The number of hydrogen-bond donors (Lipinski definition) is 0. The van der Waals surface area contributed by atoms with E-state index in [0.717, 1.165) is 31.5 Å². The van der Waals surface area contributed by atoms with Gasteiger partial charge in [-0.3, -0.25) is 4.90 Å². The van der Waals surface area contributed by atoms with Gasteiger partial charge in [0, 0.05) is 45.3 Å². The van der Waals surface area contributed by atoms with Crippen LogP contribution in [0.3, 0.4) is 0 Å². The summed E-state index contributed by atoms with van der Waals surface area (Å²) in [5.41, 5.74) is 0. The minimum atomic E-state index is 0.644. The first-order valence-corrected chi connectivity index (χ1v) is 9.59. The third-order valence-corrected chi connectivity index (χ3v) is 6.06. The topological polar surface area (TPSA) is 46.4 Å². The molecule has 1 aliphatic carbocycles. The Bertz CT molecular complexity index is 550. The van der Waals surface area contributed by atoms with Crippen LogP contribution in [0.2, 0.25) is 0 Å². The first-order chi connectivity index (χ1) is 11.7. The molecule has 134 valence electrons.